The Balaban J connectivity index is 2.41. The van der Waals surface area contributed by atoms with Crippen LogP contribution in [0.5, 0.6) is 0 Å². The smallest absolute Gasteiger partial charge is 0.407 e. The molecule has 1 fully saturated rings. The van der Waals surface area contributed by atoms with Crippen LogP contribution in [0.15, 0.2) is 0 Å². The Hall–Kier alpha value is -1.30. The Bertz CT molecular complexity index is 268. The van der Waals surface area contributed by atoms with Crippen molar-refractivity contribution in [2.45, 2.75) is 25.9 Å². The molecule has 1 rings (SSSR count). The number of aliphatic hydroxyl groups excluding tert-OH is 1. The summed E-state index contributed by atoms with van der Waals surface area (Å²) in [6.07, 6.45) is -1.17. The van der Waals surface area contributed by atoms with Gasteiger partial charge in [0, 0.05) is 6.54 Å². The molecule has 2 atom stereocenters. The zero-order valence-corrected chi connectivity index (χ0v) is 9.26. The highest BCUT2D eigenvalue weighted by Gasteiger charge is 2.31. The van der Waals surface area contributed by atoms with Gasteiger partial charge in [-0.25, -0.2) is 4.79 Å². The number of ether oxygens (including phenoxy) is 1. The summed E-state index contributed by atoms with van der Waals surface area (Å²) in [6, 6.07) is 0. The van der Waals surface area contributed by atoms with Crippen LogP contribution in [0.2, 0.25) is 0 Å². The molecule has 6 heteroatoms. The van der Waals surface area contributed by atoms with E-state index < -0.39 is 12.2 Å². The Labute approximate surface area is 93.8 Å². The zero-order chi connectivity index (χ0) is 12.1. The van der Waals surface area contributed by atoms with Crippen molar-refractivity contribution in [3.63, 3.8) is 0 Å². The number of carboxylic acid groups (broad SMARTS) is 1. The van der Waals surface area contributed by atoms with Gasteiger partial charge in [-0.2, -0.15) is 0 Å². The Morgan fingerprint density at radius 1 is 1.50 bits per heavy atom. The van der Waals surface area contributed by atoms with Gasteiger partial charge in [0.05, 0.1) is 25.7 Å². The minimum absolute atomic E-state index is 0.0689. The molecule has 0 aromatic carbocycles. The van der Waals surface area contributed by atoms with Gasteiger partial charge in [0.1, 0.15) is 0 Å². The van der Waals surface area contributed by atoms with Gasteiger partial charge in [0.2, 0.25) is 0 Å². The molecular formula is C10H17NO5. The number of nitrogens with zero attached hydrogens (tertiary/aromatic N) is 1. The first-order valence-electron chi connectivity index (χ1n) is 5.36. The molecule has 0 aromatic heterocycles. The summed E-state index contributed by atoms with van der Waals surface area (Å²) in [4.78, 5) is 23.0. The highest BCUT2D eigenvalue weighted by Crippen LogP contribution is 2.21. The molecule has 92 valence electrons. The van der Waals surface area contributed by atoms with Crippen molar-refractivity contribution in [2.75, 3.05) is 19.7 Å². The second-order valence-corrected chi connectivity index (χ2v) is 3.85. The number of likely N-dealkylation sites (tertiary alicyclic amines) is 1. The molecule has 1 amide bonds. The third kappa shape index (κ3) is 3.37. The monoisotopic (exact) mass is 231 g/mol. The molecule has 0 bridgehead atoms. The van der Waals surface area contributed by atoms with E-state index in [1.807, 2.05) is 0 Å². The van der Waals surface area contributed by atoms with E-state index in [1.165, 1.54) is 0 Å². The fourth-order valence-corrected chi connectivity index (χ4v) is 1.83. The molecule has 0 radical (unpaired) electrons. The second kappa shape index (κ2) is 5.69. The van der Waals surface area contributed by atoms with E-state index in [0.717, 1.165) is 4.90 Å². The molecule has 1 heterocycles. The molecule has 1 saturated heterocycles. The molecule has 0 spiro atoms. The first-order valence-corrected chi connectivity index (χ1v) is 5.36. The quantitative estimate of drug-likeness (QED) is 0.682. The van der Waals surface area contributed by atoms with Crippen molar-refractivity contribution >= 4 is 12.1 Å². The Morgan fingerprint density at radius 2 is 2.19 bits per heavy atom. The molecule has 1 aliphatic rings. The van der Waals surface area contributed by atoms with E-state index in [0.29, 0.717) is 19.6 Å². The van der Waals surface area contributed by atoms with Gasteiger partial charge in [0.15, 0.2) is 0 Å². The minimum atomic E-state index is -1.03. The standard InChI is InChI=1S/C10H17NO5/c1-2-16-9(13)5-7-3-4-11(10(14)15)6-8(7)12/h7-8,12H,2-6H2,1H3,(H,14,15). The SMILES string of the molecule is CCOC(=O)CC1CCN(C(=O)O)CC1O. The van der Waals surface area contributed by atoms with Crippen LogP contribution in [0, 0.1) is 5.92 Å². The summed E-state index contributed by atoms with van der Waals surface area (Å²) in [6.45, 7) is 2.47. The van der Waals surface area contributed by atoms with E-state index in [4.69, 9.17) is 9.84 Å². The normalized spacial score (nSPS) is 25.2. The molecule has 0 aliphatic carbocycles. The summed E-state index contributed by atoms with van der Waals surface area (Å²) in [5.74, 6) is -0.537. The average molecular weight is 231 g/mol. The van der Waals surface area contributed by atoms with E-state index in [9.17, 15) is 14.7 Å². The van der Waals surface area contributed by atoms with Crippen molar-refractivity contribution in [2.24, 2.45) is 5.92 Å². The third-order valence-electron chi connectivity index (χ3n) is 2.73. The van der Waals surface area contributed by atoms with Gasteiger partial charge in [-0.15, -0.1) is 0 Å². The summed E-state index contributed by atoms with van der Waals surface area (Å²) in [5.41, 5.74) is 0. The van der Waals surface area contributed by atoms with E-state index in [2.05, 4.69) is 0 Å². The molecule has 6 nitrogen and oxygen atoms in total. The number of hydrogen-bond donors (Lipinski definition) is 2. The predicted molar refractivity (Wildman–Crippen MR) is 55.0 cm³/mol. The lowest BCUT2D eigenvalue weighted by atomic mass is 9.91. The summed E-state index contributed by atoms with van der Waals surface area (Å²) in [5, 5.41) is 18.4. The maximum absolute atomic E-state index is 11.2. The second-order valence-electron chi connectivity index (χ2n) is 3.85. The van der Waals surface area contributed by atoms with Crippen LogP contribution in [-0.2, 0) is 9.53 Å². The zero-order valence-electron chi connectivity index (χ0n) is 9.26. The van der Waals surface area contributed by atoms with Crippen LogP contribution in [0.3, 0.4) is 0 Å². The van der Waals surface area contributed by atoms with Gasteiger partial charge < -0.3 is 19.8 Å². The van der Waals surface area contributed by atoms with Gasteiger partial charge in [-0.05, 0) is 19.3 Å². The van der Waals surface area contributed by atoms with Crippen molar-refractivity contribution in [3.8, 4) is 0 Å². The fraction of sp³-hybridized carbons (Fsp3) is 0.800. The third-order valence-corrected chi connectivity index (χ3v) is 2.73. The summed E-state index contributed by atoms with van der Waals surface area (Å²) in [7, 11) is 0. The molecule has 2 unspecified atom stereocenters. The Kier molecular flexibility index (Phi) is 4.54. The number of aliphatic hydroxyl groups is 1. The largest absolute Gasteiger partial charge is 0.466 e. The lowest BCUT2D eigenvalue weighted by Gasteiger charge is -2.33. The number of hydrogen-bond acceptors (Lipinski definition) is 4. The number of carbonyl (C=O) groups excluding carboxylic acids is 1. The number of β-amino-alcohol motifs (C(OH)–C–C–N with tert-alkyl or cyclic N) is 1. The maximum Gasteiger partial charge on any atom is 0.407 e. The molecule has 2 N–H and O–H groups in total. The van der Waals surface area contributed by atoms with Gasteiger partial charge in [0.25, 0.3) is 0 Å². The van der Waals surface area contributed by atoms with Crippen molar-refractivity contribution in [1.82, 2.24) is 4.90 Å². The van der Waals surface area contributed by atoms with Crippen LogP contribution in [-0.4, -0.2) is 53.0 Å². The molecule has 0 aromatic rings. The lowest BCUT2D eigenvalue weighted by Crippen LogP contribution is -2.46. The molecular weight excluding hydrogens is 214 g/mol. The highest BCUT2D eigenvalue weighted by molar-refractivity contribution is 5.70. The van der Waals surface area contributed by atoms with Crippen molar-refractivity contribution in [3.05, 3.63) is 0 Å². The van der Waals surface area contributed by atoms with E-state index >= 15 is 0 Å². The van der Waals surface area contributed by atoms with Crippen molar-refractivity contribution in [1.29, 1.82) is 0 Å². The van der Waals surface area contributed by atoms with Crippen LogP contribution >= 0.6 is 0 Å². The predicted octanol–water partition coefficient (Wildman–Crippen LogP) is 0.300. The first-order chi connectivity index (χ1) is 7.54. The van der Waals surface area contributed by atoms with E-state index in [-0.39, 0.29) is 24.9 Å². The fourth-order valence-electron chi connectivity index (χ4n) is 1.83. The first kappa shape index (κ1) is 12.8. The van der Waals surface area contributed by atoms with Crippen LogP contribution < -0.4 is 0 Å². The maximum atomic E-state index is 11.2. The summed E-state index contributed by atoms with van der Waals surface area (Å²) < 4.78 is 4.79. The number of piperidine rings is 1. The van der Waals surface area contributed by atoms with Crippen LogP contribution in [0.1, 0.15) is 19.8 Å². The van der Waals surface area contributed by atoms with Crippen molar-refractivity contribution < 1.29 is 24.5 Å². The molecule has 1 aliphatic heterocycles. The topological polar surface area (TPSA) is 87.1 Å². The van der Waals surface area contributed by atoms with Gasteiger partial charge in [-0.3, -0.25) is 4.79 Å². The minimum Gasteiger partial charge on any atom is -0.466 e. The highest BCUT2D eigenvalue weighted by atomic mass is 16.5. The number of esters is 1. The lowest BCUT2D eigenvalue weighted by molar-refractivity contribution is -0.146. The number of amides is 1. The van der Waals surface area contributed by atoms with E-state index in [1.54, 1.807) is 6.92 Å². The van der Waals surface area contributed by atoms with Gasteiger partial charge in [-0.1, -0.05) is 0 Å². The molecule has 16 heavy (non-hydrogen) atoms. The van der Waals surface area contributed by atoms with Gasteiger partial charge >= 0.3 is 12.1 Å². The average Bonchev–Trinajstić information content (AvgIpc) is 2.21. The molecule has 0 saturated carbocycles. The summed E-state index contributed by atoms with van der Waals surface area (Å²) >= 11 is 0. The number of carbonyl (C=O) groups is 2. The van der Waals surface area contributed by atoms with Crippen LogP contribution in [0.25, 0.3) is 0 Å². The number of rotatable bonds is 3. The Morgan fingerprint density at radius 3 is 2.69 bits per heavy atom. The van der Waals surface area contributed by atoms with Crippen LogP contribution in [0.4, 0.5) is 4.79 Å².